The van der Waals surface area contributed by atoms with E-state index in [-0.39, 0.29) is 41.4 Å². The molecule has 22 heteroatoms. The second-order valence-corrected chi connectivity index (χ2v) is 23.1. The molecule has 0 aliphatic carbocycles. The van der Waals surface area contributed by atoms with E-state index in [1.807, 2.05) is 64.1 Å². The van der Waals surface area contributed by atoms with Crippen molar-refractivity contribution in [3.8, 4) is 22.3 Å². The number of carbonyl (C=O) groups excluding carboxylic acids is 2. The molecule has 11 rings (SSSR count). The summed E-state index contributed by atoms with van der Waals surface area (Å²) >= 11 is 6.15. The van der Waals surface area contributed by atoms with Crippen molar-refractivity contribution in [3.05, 3.63) is 100.0 Å². The normalized spacial score (nSPS) is 21.4. The Morgan fingerprint density at radius 3 is 1.67 bits per heavy atom. The van der Waals surface area contributed by atoms with Gasteiger partial charge >= 0.3 is 0 Å². The number of halogens is 2. The second kappa shape index (κ2) is 18.0. The average Bonchev–Trinajstić information content (AvgIpc) is 4.15. The van der Waals surface area contributed by atoms with Crippen LogP contribution < -0.4 is 10.2 Å². The fourth-order valence-electron chi connectivity index (χ4n) is 10.8. The van der Waals surface area contributed by atoms with Crippen molar-refractivity contribution >= 4 is 71.2 Å². The molecule has 70 heavy (non-hydrogen) atoms. The summed E-state index contributed by atoms with van der Waals surface area (Å²) in [5, 5.41) is 11.3. The average molecular weight is 1020 g/mol. The summed E-state index contributed by atoms with van der Waals surface area (Å²) in [4.78, 5) is 36.5. The van der Waals surface area contributed by atoms with Crippen LogP contribution in [-0.4, -0.2) is 105 Å². The first kappa shape index (κ1) is 47.7. The quantitative estimate of drug-likeness (QED) is 0.148. The molecular weight excluding hydrogens is 963 g/mol. The number of carbonyl (C=O) groups is 2. The highest BCUT2D eigenvalue weighted by molar-refractivity contribution is 7.88. The van der Waals surface area contributed by atoms with Gasteiger partial charge in [0, 0.05) is 60.9 Å². The van der Waals surface area contributed by atoms with Crippen molar-refractivity contribution < 1.29 is 39.9 Å². The number of benzene rings is 3. The first-order valence-electron chi connectivity index (χ1n) is 23.1. The third-order valence-corrected chi connectivity index (χ3v) is 16.7. The van der Waals surface area contributed by atoms with E-state index in [1.165, 1.54) is 33.3 Å². The van der Waals surface area contributed by atoms with Gasteiger partial charge < -0.3 is 28.4 Å². The van der Waals surface area contributed by atoms with E-state index in [9.17, 15) is 30.8 Å². The molecule has 0 saturated carbocycles. The van der Waals surface area contributed by atoms with Crippen molar-refractivity contribution in [2.45, 2.75) is 90.4 Å². The molecule has 4 fully saturated rings. The molecule has 18 nitrogen and oxygen atoms in total. The zero-order chi connectivity index (χ0) is 49.6. The Kier molecular flexibility index (Phi) is 12.3. The highest BCUT2D eigenvalue weighted by atomic mass is 35.5. The maximum absolute atomic E-state index is 14.3. The minimum absolute atomic E-state index is 0.0178. The van der Waals surface area contributed by atoms with Crippen LogP contribution in [0.15, 0.2) is 63.6 Å². The van der Waals surface area contributed by atoms with Crippen LogP contribution in [0, 0.1) is 33.5 Å². The lowest BCUT2D eigenvalue weighted by atomic mass is 10.0. The Morgan fingerprint density at radius 2 is 1.21 bits per heavy atom. The first-order valence-corrected chi connectivity index (χ1v) is 27.2. The van der Waals surface area contributed by atoms with Crippen LogP contribution in [0.1, 0.15) is 97.2 Å². The predicted octanol–water partition coefficient (Wildman–Crippen LogP) is 7.64. The number of amides is 2. The van der Waals surface area contributed by atoms with Crippen molar-refractivity contribution in [2.24, 2.45) is 0 Å². The van der Waals surface area contributed by atoms with Crippen molar-refractivity contribution in [1.29, 1.82) is 0 Å². The molecule has 368 valence electrons. The van der Waals surface area contributed by atoms with E-state index in [0.29, 0.717) is 81.1 Å². The summed E-state index contributed by atoms with van der Waals surface area (Å²) in [6, 6.07) is 15.2. The number of nitrogens with one attached hydrogen (secondary N) is 1. The van der Waals surface area contributed by atoms with Crippen molar-refractivity contribution in [1.82, 2.24) is 43.3 Å². The largest absolute Gasteiger partial charge is 0.361 e. The van der Waals surface area contributed by atoms with Crippen molar-refractivity contribution in [2.75, 3.05) is 43.6 Å². The molecule has 2 amide bonds. The monoisotopic (exact) mass is 1010 g/mol. The van der Waals surface area contributed by atoms with Crippen molar-refractivity contribution in [3.63, 3.8) is 0 Å². The Balaban J connectivity index is 0.000000166. The highest BCUT2D eigenvalue weighted by Gasteiger charge is 2.41. The predicted molar refractivity (Wildman–Crippen MR) is 261 cm³/mol. The lowest BCUT2D eigenvalue weighted by Crippen LogP contribution is -2.31. The number of nitrogens with zero attached hydrogens (tertiary/aromatic N) is 9. The van der Waals surface area contributed by atoms with E-state index in [0.717, 1.165) is 61.8 Å². The maximum Gasteiger partial charge on any atom is 0.227 e. The lowest BCUT2D eigenvalue weighted by molar-refractivity contribution is -0.119. The Hall–Kier alpha value is -6.00. The van der Waals surface area contributed by atoms with Crippen LogP contribution in [0.25, 0.3) is 44.3 Å². The van der Waals surface area contributed by atoms with Crippen LogP contribution in [0.2, 0.25) is 5.02 Å². The maximum atomic E-state index is 14.3. The SMILES string of the molecule is Cc1noc(C)c1-c1ccc2c(c1)nc([C@@H]1CCC(=O)N1)n2[C@@H]1CCN(S(C)(=O)=O)C1.Cc1noc(C)c1-c1ccc2c(c1)nc([C@@H]1CCC(=O)N1c1cc(F)cc(Cl)c1)n2[C@@H]1CCN(S(C)(=O)=O)C1. The summed E-state index contributed by atoms with van der Waals surface area (Å²) in [6.45, 7) is 9.11. The van der Waals surface area contributed by atoms with E-state index < -0.39 is 31.9 Å². The highest BCUT2D eigenvalue weighted by Crippen LogP contribution is 2.43. The lowest BCUT2D eigenvalue weighted by Gasteiger charge is -2.27. The van der Waals surface area contributed by atoms with Gasteiger partial charge in [0.05, 0.1) is 70.1 Å². The zero-order valence-electron chi connectivity index (χ0n) is 39.4. The van der Waals surface area contributed by atoms with Crippen LogP contribution in [0.4, 0.5) is 10.1 Å². The van der Waals surface area contributed by atoms with Gasteiger partial charge in [-0.1, -0.05) is 34.0 Å². The topological polar surface area (TPSA) is 212 Å². The molecule has 4 saturated heterocycles. The summed E-state index contributed by atoms with van der Waals surface area (Å²) in [7, 11) is -6.62. The first-order chi connectivity index (χ1) is 33.2. The molecule has 8 heterocycles. The zero-order valence-corrected chi connectivity index (χ0v) is 41.8. The summed E-state index contributed by atoms with van der Waals surface area (Å²) in [5.74, 6) is 2.20. The Labute approximate surface area is 408 Å². The van der Waals surface area contributed by atoms with Gasteiger partial charge in [-0.3, -0.25) is 9.59 Å². The Bertz CT molecular complexity index is 3420. The molecule has 4 aliphatic heterocycles. The molecular formula is C48H52ClFN10O8S2. The molecule has 4 aliphatic rings. The molecule has 4 atom stereocenters. The number of imidazole rings is 2. The number of aryl methyl sites for hydroxylation is 4. The number of hydrogen-bond acceptors (Lipinski definition) is 12. The minimum Gasteiger partial charge on any atom is -0.361 e. The van der Waals surface area contributed by atoms with Gasteiger partial charge in [-0.2, -0.15) is 0 Å². The molecule has 7 aromatic rings. The molecule has 0 spiro atoms. The number of hydrogen-bond donors (Lipinski definition) is 1. The minimum atomic E-state index is -3.37. The fraction of sp³-hybridized carbons (Fsp3) is 0.417. The van der Waals surface area contributed by atoms with Crippen LogP contribution in [-0.2, 0) is 29.6 Å². The smallest absolute Gasteiger partial charge is 0.227 e. The van der Waals surface area contributed by atoms with Gasteiger partial charge in [0.15, 0.2) is 0 Å². The van der Waals surface area contributed by atoms with E-state index in [2.05, 4.69) is 24.8 Å². The number of sulfonamides is 2. The van der Waals surface area contributed by atoms with E-state index in [4.69, 9.17) is 30.6 Å². The Morgan fingerprint density at radius 1 is 0.686 bits per heavy atom. The number of anilines is 1. The third kappa shape index (κ3) is 8.79. The van der Waals surface area contributed by atoms with Gasteiger partial charge in [0.2, 0.25) is 31.9 Å². The fourth-order valence-corrected chi connectivity index (χ4v) is 12.7. The number of fused-ring (bicyclic) bond motifs is 2. The molecule has 0 radical (unpaired) electrons. The summed E-state index contributed by atoms with van der Waals surface area (Å²) < 4.78 is 81.0. The summed E-state index contributed by atoms with van der Waals surface area (Å²) in [6.07, 6.45) is 5.67. The van der Waals surface area contributed by atoms with E-state index >= 15 is 0 Å². The number of aromatic nitrogens is 6. The van der Waals surface area contributed by atoms with Crippen LogP contribution >= 0.6 is 11.6 Å². The second-order valence-electron chi connectivity index (χ2n) is 18.7. The molecule has 1 N–H and O–H groups in total. The van der Waals surface area contributed by atoms with E-state index in [1.54, 1.807) is 11.0 Å². The van der Waals surface area contributed by atoms with Crippen LogP contribution in [0.3, 0.4) is 0 Å². The van der Waals surface area contributed by atoms with Gasteiger partial charge in [0.25, 0.3) is 0 Å². The van der Waals surface area contributed by atoms with Gasteiger partial charge in [-0.25, -0.2) is 39.8 Å². The molecule has 4 aromatic heterocycles. The van der Waals surface area contributed by atoms with Gasteiger partial charge in [0.1, 0.15) is 29.0 Å². The third-order valence-electron chi connectivity index (χ3n) is 13.9. The molecule has 0 bridgehead atoms. The van der Waals surface area contributed by atoms with Gasteiger partial charge in [-0.05, 0) is 107 Å². The molecule has 0 unspecified atom stereocenters. The summed E-state index contributed by atoms with van der Waals surface area (Å²) in [5.41, 5.74) is 8.95. The number of rotatable bonds is 9. The standard InChI is InChI=1S/C27H27ClFN5O4S.C21H25N5O4S/c1-15-26(16(2)38-31-15)17-4-5-23-22(10-17)30-27(34(23)20-8-9-32(14-20)39(3,36)37)24-6-7-25(35)33(24)21-12-18(28)11-19(29)13-21;1-12-20(13(2)30-24-12)14-4-6-18-17(10-14)23-21(16-5-7-19(27)22-16)26(18)15-8-9-25(11-15)31(3,28)29/h4-5,10-13,20,24H,6-9,14H2,1-3H3;4,6,10,15-16H,5,7-9,11H2,1-3H3,(H,22,27)/t20-,24+;15-,16+/m11/s1. The molecule has 3 aromatic carbocycles. The van der Waals surface area contributed by atoms with Gasteiger partial charge in [-0.15, -0.1) is 0 Å². The van der Waals surface area contributed by atoms with Crippen LogP contribution in [0.5, 0.6) is 0 Å².